The topological polar surface area (TPSA) is 182 Å². The maximum absolute atomic E-state index is 11.8. The van der Waals surface area contributed by atoms with Gasteiger partial charge in [-0.2, -0.15) is 0 Å². The number of likely N-dealkylation sites (tertiary alicyclic amines) is 1. The first-order valence-corrected chi connectivity index (χ1v) is 8.10. The average molecular weight is 380 g/mol. The first-order valence-electron chi connectivity index (χ1n) is 6.94. The number of aliphatic carboxylic acids is 1. The smallest absolute Gasteiger partial charge is 0.480 e. The van der Waals surface area contributed by atoms with Crippen molar-refractivity contribution in [2.45, 2.75) is 18.6 Å². The lowest BCUT2D eigenvalue weighted by molar-refractivity contribution is -0.809. The molecule has 1 rings (SSSR count). The van der Waals surface area contributed by atoms with Crippen molar-refractivity contribution < 1.29 is 34.1 Å². The Morgan fingerprint density at radius 3 is 2.32 bits per heavy atom. The second-order valence-corrected chi connectivity index (χ2v) is 6.05. The monoisotopic (exact) mass is 380 g/mol. The summed E-state index contributed by atoms with van der Waals surface area (Å²) < 4.78 is 4.56. The van der Waals surface area contributed by atoms with Crippen LogP contribution in [0.25, 0.3) is 0 Å². The van der Waals surface area contributed by atoms with Crippen molar-refractivity contribution in [2.75, 3.05) is 31.2 Å². The van der Waals surface area contributed by atoms with Crippen LogP contribution in [0.3, 0.4) is 0 Å². The molecule has 0 aromatic rings. The summed E-state index contributed by atoms with van der Waals surface area (Å²) in [5, 5.41) is 32.6. The molecule has 140 valence electrons. The van der Waals surface area contributed by atoms with E-state index in [0.29, 0.717) is 0 Å². The van der Waals surface area contributed by atoms with Crippen LogP contribution in [0.15, 0.2) is 0 Å². The Balaban J connectivity index is 2.44. The summed E-state index contributed by atoms with van der Waals surface area (Å²) in [6.45, 7) is 0.324. The molecule has 14 heteroatoms. The summed E-state index contributed by atoms with van der Waals surface area (Å²) in [5.41, 5.74) is -2.38. The number of carboxylic acids is 1. The first-order chi connectivity index (χ1) is 11.6. The molecule has 1 aliphatic heterocycles. The van der Waals surface area contributed by atoms with Crippen molar-refractivity contribution in [1.82, 2.24) is 10.2 Å². The number of nitrogens with one attached hydrogen (secondary N) is 1. The van der Waals surface area contributed by atoms with Crippen LogP contribution < -0.4 is 5.32 Å². The summed E-state index contributed by atoms with van der Waals surface area (Å²) in [6, 6.07) is -1.29. The molecule has 13 nitrogen and oxygen atoms in total. The number of amides is 2. The lowest BCUT2D eigenvalue weighted by Gasteiger charge is -2.35. The van der Waals surface area contributed by atoms with E-state index in [2.05, 4.69) is 10.1 Å². The van der Waals surface area contributed by atoms with Gasteiger partial charge in [0, 0.05) is 5.75 Å². The highest BCUT2D eigenvalue weighted by atomic mass is 32.2. The third-order valence-electron chi connectivity index (χ3n) is 3.30. The number of carbonyl (C=O) groups excluding carboxylic acids is 2. The zero-order valence-electron chi connectivity index (χ0n) is 13.1. The number of thioether (sulfide) groups is 1. The highest BCUT2D eigenvalue weighted by Crippen LogP contribution is 2.25. The second kappa shape index (κ2) is 8.46. The van der Waals surface area contributed by atoms with Crippen molar-refractivity contribution in [2.24, 2.45) is 0 Å². The van der Waals surface area contributed by atoms with Gasteiger partial charge in [-0.05, 0) is 6.92 Å². The second-order valence-electron chi connectivity index (χ2n) is 5.02. The third-order valence-corrected chi connectivity index (χ3v) is 4.32. The molecular weight excluding hydrogens is 364 g/mol. The van der Waals surface area contributed by atoms with Gasteiger partial charge in [0.25, 0.3) is 0 Å². The molecule has 0 aromatic carbocycles. The number of rotatable bonds is 9. The summed E-state index contributed by atoms with van der Waals surface area (Å²) in [6.07, 6.45) is -0.911. The predicted molar refractivity (Wildman–Crippen MR) is 82.2 cm³/mol. The standard InChI is InChI=1S/C11H16N4O9S/c1-2-24-10(19)12-7(9(17)18)3-25-4-8(16)13-5-11(6-13,14(20)21)15(22)23/h7H,2-6H2,1H3,(H,12,19)(H,17,18). The van der Waals surface area contributed by atoms with Gasteiger partial charge >= 0.3 is 17.7 Å². The van der Waals surface area contributed by atoms with Crippen LogP contribution >= 0.6 is 11.8 Å². The van der Waals surface area contributed by atoms with E-state index in [4.69, 9.17) is 5.11 Å². The fourth-order valence-corrected chi connectivity index (χ4v) is 2.82. The summed E-state index contributed by atoms with van der Waals surface area (Å²) in [5.74, 6) is -2.30. The Kier molecular flexibility index (Phi) is 6.90. The van der Waals surface area contributed by atoms with E-state index in [9.17, 15) is 34.6 Å². The van der Waals surface area contributed by atoms with Crippen molar-refractivity contribution in [3.63, 3.8) is 0 Å². The zero-order valence-corrected chi connectivity index (χ0v) is 13.9. The van der Waals surface area contributed by atoms with Gasteiger partial charge in [-0.3, -0.25) is 25.0 Å². The van der Waals surface area contributed by atoms with Crippen LogP contribution in [0.1, 0.15) is 6.92 Å². The Morgan fingerprint density at radius 2 is 1.88 bits per heavy atom. The molecule has 0 saturated carbocycles. The molecule has 0 aliphatic carbocycles. The number of hydrogen-bond acceptors (Lipinski definition) is 9. The van der Waals surface area contributed by atoms with Crippen molar-refractivity contribution in [3.05, 3.63) is 20.2 Å². The first kappa shape index (κ1) is 20.4. The number of ether oxygens (including phenoxy) is 1. The van der Waals surface area contributed by atoms with Gasteiger partial charge in [0.2, 0.25) is 5.91 Å². The lowest BCUT2D eigenvalue weighted by Crippen LogP contribution is -2.71. The summed E-state index contributed by atoms with van der Waals surface area (Å²) >= 11 is 0.870. The van der Waals surface area contributed by atoms with Gasteiger partial charge in [-0.25, -0.2) is 9.59 Å². The van der Waals surface area contributed by atoms with Crippen LogP contribution in [0.2, 0.25) is 0 Å². The van der Waals surface area contributed by atoms with Crippen LogP contribution in [-0.2, 0) is 14.3 Å². The molecule has 1 saturated heterocycles. The summed E-state index contributed by atoms with van der Waals surface area (Å²) in [4.78, 5) is 54.5. The number of carbonyl (C=O) groups is 3. The largest absolute Gasteiger partial charge is 0.492 e. The van der Waals surface area contributed by atoms with E-state index in [1.807, 2.05) is 0 Å². The molecule has 1 unspecified atom stereocenters. The van der Waals surface area contributed by atoms with Gasteiger partial charge in [0.05, 0.1) is 12.4 Å². The molecular formula is C11H16N4O9S. The average Bonchev–Trinajstić information content (AvgIpc) is 2.44. The molecule has 0 aromatic heterocycles. The van der Waals surface area contributed by atoms with Crippen LogP contribution in [0.4, 0.5) is 4.79 Å². The number of alkyl carbamates (subject to hydrolysis) is 1. The Hall–Kier alpha value is -2.64. The molecule has 0 bridgehead atoms. The highest BCUT2D eigenvalue weighted by molar-refractivity contribution is 8.00. The van der Waals surface area contributed by atoms with Crippen molar-refractivity contribution >= 4 is 29.7 Å². The van der Waals surface area contributed by atoms with Gasteiger partial charge in [-0.1, -0.05) is 0 Å². The van der Waals surface area contributed by atoms with Crippen LogP contribution in [0.5, 0.6) is 0 Å². The quantitative estimate of drug-likeness (QED) is 0.286. The summed E-state index contributed by atoms with van der Waals surface area (Å²) in [7, 11) is 0. The molecule has 1 aliphatic rings. The third kappa shape index (κ3) is 4.91. The minimum Gasteiger partial charge on any atom is -0.480 e. The minimum absolute atomic E-state index is 0.0629. The fourth-order valence-electron chi connectivity index (χ4n) is 1.88. The highest BCUT2D eigenvalue weighted by Gasteiger charge is 2.67. The fraction of sp³-hybridized carbons (Fsp3) is 0.727. The molecule has 2 N–H and O–H groups in total. The minimum atomic E-state index is -2.38. The van der Waals surface area contributed by atoms with E-state index in [1.54, 1.807) is 6.92 Å². The van der Waals surface area contributed by atoms with Gasteiger partial charge in [0.15, 0.2) is 13.1 Å². The number of nitrogens with zero attached hydrogens (tertiary/aromatic N) is 3. The zero-order chi connectivity index (χ0) is 19.2. The van der Waals surface area contributed by atoms with Crippen LogP contribution in [-0.4, -0.2) is 80.7 Å². The number of nitro groups is 2. The van der Waals surface area contributed by atoms with E-state index in [-0.39, 0.29) is 18.1 Å². The van der Waals surface area contributed by atoms with Gasteiger partial charge in [-0.15, -0.1) is 11.8 Å². The SMILES string of the molecule is CCOC(=O)NC(CSCC(=O)N1CC([N+](=O)[O-])([N+](=O)[O-])C1)C(=O)O. The van der Waals surface area contributed by atoms with Crippen LogP contribution in [0, 0.1) is 20.2 Å². The maximum Gasteiger partial charge on any atom is 0.492 e. The van der Waals surface area contributed by atoms with E-state index in [0.717, 1.165) is 16.7 Å². The van der Waals surface area contributed by atoms with E-state index >= 15 is 0 Å². The maximum atomic E-state index is 11.8. The molecule has 25 heavy (non-hydrogen) atoms. The number of carboxylic acid groups (broad SMARTS) is 1. The van der Waals surface area contributed by atoms with Gasteiger partial charge in [0.1, 0.15) is 15.9 Å². The number of hydrogen-bond donors (Lipinski definition) is 2. The Morgan fingerprint density at radius 1 is 1.32 bits per heavy atom. The van der Waals surface area contributed by atoms with Crippen molar-refractivity contribution in [1.29, 1.82) is 0 Å². The Bertz CT molecular complexity index is 562. The molecule has 0 radical (unpaired) electrons. The molecule has 1 atom stereocenters. The Labute approximate surface area is 145 Å². The van der Waals surface area contributed by atoms with E-state index in [1.165, 1.54) is 0 Å². The normalized spacial score (nSPS) is 16.3. The molecule has 1 heterocycles. The van der Waals surface area contributed by atoms with Crippen molar-refractivity contribution in [3.8, 4) is 0 Å². The molecule has 1 fully saturated rings. The van der Waals surface area contributed by atoms with E-state index < -0.39 is 52.6 Å². The molecule has 2 amide bonds. The predicted octanol–water partition coefficient (Wildman–Crippen LogP) is -0.989. The van der Waals surface area contributed by atoms with Gasteiger partial charge < -0.3 is 20.1 Å². The lowest BCUT2D eigenvalue weighted by atomic mass is 10.0. The molecule has 0 spiro atoms.